The van der Waals surface area contributed by atoms with Crippen LogP contribution in [0.2, 0.25) is 0 Å². The van der Waals surface area contributed by atoms with Gasteiger partial charge in [-0.3, -0.25) is 4.79 Å². The van der Waals surface area contributed by atoms with Crippen LogP contribution in [0.1, 0.15) is 31.9 Å². The Morgan fingerprint density at radius 1 is 1.59 bits per heavy atom. The smallest absolute Gasteiger partial charge is 0.239 e. The van der Waals surface area contributed by atoms with Gasteiger partial charge in [-0.05, 0) is 19.3 Å². The summed E-state index contributed by atoms with van der Waals surface area (Å²) in [4.78, 5) is 15.8. The molecule has 0 atom stereocenters. The van der Waals surface area contributed by atoms with Crippen molar-refractivity contribution in [1.82, 2.24) is 20.2 Å². The van der Waals surface area contributed by atoms with Crippen LogP contribution < -0.4 is 10.6 Å². The molecule has 1 fully saturated rings. The van der Waals surface area contributed by atoms with Crippen molar-refractivity contribution in [2.24, 2.45) is 0 Å². The Hall–Kier alpha value is -1.36. The van der Waals surface area contributed by atoms with Crippen molar-refractivity contribution in [3.63, 3.8) is 0 Å². The molecule has 2 N–H and O–H groups in total. The van der Waals surface area contributed by atoms with Crippen molar-refractivity contribution in [2.75, 3.05) is 6.54 Å². The lowest BCUT2D eigenvalue weighted by atomic mass is 10.4. The SMILES string of the molecule is CCCNC(=O)Cn1cnc(CNC2CC2)c1. The first-order valence-corrected chi connectivity index (χ1v) is 6.28. The summed E-state index contributed by atoms with van der Waals surface area (Å²) in [6.07, 6.45) is 7.17. The number of carbonyl (C=O) groups excluding carboxylic acids is 1. The molecule has 1 saturated carbocycles. The summed E-state index contributed by atoms with van der Waals surface area (Å²) in [7, 11) is 0. The number of hydrogen-bond acceptors (Lipinski definition) is 3. The first-order chi connectivity index (χ1) is 8.28. The van der Waals surface area contributed by atoms with Crippen molar-refractivity contribution < 1.29 is 4.79 Å². The van der Waals surface area contributed by atoms with Crippen molar-refractivity contribution >= 4 is 5.91 Å². The van der Waals surface area contributed by atoms with Crippen LogP contribution in [0.3, 0.4) is 0 Å². The minimum Gasteiger partial charge on any atom is -0.355 e. The highest BCUT2D eigenvalue weighted by Gasteiger charge is 2.20. The third-order valence-corrected chi connectivity index (χ3v) is 2.73. The van der Waals surface area contributed by atoms with E-state index < -0.39 is 0 Å². The van der Waals surface area contributed by atoms with E-state index in [-0.39, 0.29) is 5.91 Å². The average Bonchev–Trinajstić information content (AvgIpc) is 3.05. The molecule has 2 rings (SSSR count). The molecule has 94 valence electrons. The third kappa shape index (κ3) is 4.19. The van der Waals surface area contributed by atoms with E-state index in [0.717, 1.165) is 25.2 Å². The molecule has 0 saturated heterocycles. The van der Waals surface area contributed by atoms with E-state index in [0.29, 0.717) is 12.6 Å². The largest absolute Gasteiger partial charge is 0.355 e. The van der Waals surface area contributed by atoms with Crippen molar-refractivity contribution in [1.29, 1.82) is 0 Å². The zero-order valence-corrected chi connectivity index (χ0v) is 10.3. The fourth-order valence-corrected chi connectivity index (χ4v) is 1.61. The van der Waals surface area contributed by atoms with Gasteiger partial charge in [-0.25, -0.2) is 4.98 Å². The van der Waals surface area contributed by atoms with Gasteiger partial charge in [0.25, 0.3) is 0 Å². The second kappa shape index (κ2) is 5.82. The topological polar surface area (TPSA) is 59.0 Å². The van der Waals surface area contributed by atoms with Gasteiger partial charge in [0.15, 0.2) is 0 Å². The van der Waals surface area contributed by atoms with Gasteiger partial charge in [-0.1, -0.05) is 6.92 Å². The Kier molecular flexibility index (Phi) is 4.14. The van der Waals surface area contributed by atoms with E-state index in [2.05, 4.69) is 15.6 Å². The van der Waals surface area contributed by atoms with Crippen LogP contribution in [0, 0.1) is 0 Å². The molecule has 5 heteroatoms. The molecule has 0 unspecified atom stereocenters. The molecule has 0 radical (unpaired) electrons. The number of nitrogens with zero attached hydrogens (tertiary/aromatic N) is 2. The quantitative estimate of drug-likeness (QED) is 0.731. The van der Waals surface area contributed by atoms with Crippen molar-refractivity contribution in [2.45, 2.75) is 45.3 Å². The maximum absolute atomic E-state index is 11.5. The highest BCUT2D eigenvalue weighted by Crippen LogP contribution is 2.18. The number of imidazole rings is 1. The van der Waals surface area contributed by atoms with Crippen LogP contribution in [0.5, 0.6) is 0 Å². The summed E-state index contributed by atoms with van der Waals surface area (Å²) in [6, 6.07) is 0.688. The molecule has 5 nitrogen and oxygen atoms in total. The fourth-order valence-electron chi connectivity index (χ4n) is 1.61. The molecule has 1 amide bonds. The maximum atomic E-state index is 11.5. The Bertz CT molecular complexity index is 370. The third-order valence-electron chi connectivity index (χ3n) is 2.73. The molecule has 1 aliphatic rings. The van der Waals surface area contributed by atoms with Crippen LogP contribution in [0.4, 0.5) is 0 Å². The molecule has 1 aliphatic carbocycles. The summed E-state index contributed by atoms with van der Waals surface area (Å²) >= 11 is 0. The van der Waals surface area contributed by atoms with E-state index in [1.54, 1.807) is 6.33 Å². The molecule has 0 bridgehead atoms. The van der Waals surface area contributed by atoms with Crippen LogP contribution in [-0.4, -0.2) is 28.0 Å². The fraction of sp³-hybridized carbons (Fsp3) is 0.667. The van der Waals surface area contributed by atoms with Gasteiger partial charge in [-0.15, -0.1) is 0 Å². The maximum Gasteiger partial charge on any atom is 0.239 e. The summed E-state index contributed by atoms with van der Waals surface area (Å²) in [6.45, 7) is 3.94. The Morgan fingerprint density at radius 2 is 2.41 bits per heavy atom. The predicted molar refractivity (Wildman–Crippen MR) is 65.4 cm³/mol. The summed E-state index contributed by atoms with van der Waals surface area (Å²) in [5.41, 5.74) is 1.00. The Labute approximate surface area is 102 Å². The molecule has 0 aliphatic heterocycles. The lowest BCUT2D eigenvalue weighted by molar-refractivity contribution is -0.121. The van der Waals surface area contributed by atoms with Gasteiger partial charge >= 0.3 is 0 Å². The summed E-state index contributed by atoms with van der Waals surface area (Å²) in [5.74, 6) is 0.0472. The Balaban J connectivity index is 1.74. The van der Waals surface area contributed by atoms with E-state index in [1.165, 1.54) is 12.8 Å². The van der Waals surface area contributed by atoms with Crippen molar-refractivity contribution in [3.05, 3.63) is 18.2 Å². The van der Waals surface area contributed by atoms with Gasteiger partial charge in [0.2, 0.25) is 5.91 Å². The molecule has 0 spiro atoms. The Morgan fingerprint density at radius 3 is 3.12 bits per heavy atom. The van der Waals surface area contributed by atoms with E-state index in [4.69, 9.17) is 0 Å². The summed E-state index contributed by atoms with van der Waals surface area (Å²) in [5, 5.41) is 6.24. The molecular weight excluding hydrogens is 216 g/mol. The molecular formula is C12H20N4O. The van der Waals surface area contributed by atoms with Gasteiger partial charge < -0.3 is 15.2 Å². The van der Waals surface area contributed by atoms with Crippen LogP contribution in [0.15, 0.2) is 12.5 Å². The van der Waals surface area contributed by atoms with E-state index >= 15 is 0 Å². The number of carbonyl (C=O) groups is 1. The van der Waals surface area contributed by atoms with Crippen LogP contribution in [0.25, 0.3) is 0 Å². The second-order valence-corrected chi connectivity index (χ2v) is 4.54. The molecule has 1 aromatic rings. The van der Waals surface area contributed by atoms with Gasteiger partial charge in [0.1, 0.15) is 6.54 Å². The number of aromatic nitrogens is 2. The van der Waals surface area contributed by atoms with Crippen LogP contribution in [-0.2, 0) is 17.9 Å². The number of nitrogens with one attached hydrogen (secondary N) is 2. The lowest BCUT2D eigenvalue weighted by Gasteiger charge is -2.03. The van der Waals surface area contributed by atoms with Gasteiger partial charge in [-0.2, -0.15) is 0 Å². The number of rotatable bonds is 7. The molecule has 1 heterocycles. The van der Waals surface area contributed by atoms with Crippen LogP contribution >= 0.6 is 0 Å². The van der Waals surface area contributed by atoms with Gasteiger partial charge in [0, 0.05) is 25.3 Å². The van der Waals surface area contributed by atoms with Crippen molar-refractivity contribution in [3.8, 4) is 0 Å². The lowest BCUT2D eigenvalue weighted by Crippen LogP contribution is -2.27. The molecule has 0 aromatic carbocycles. The zero-order chi connectivity index (χ0) is 12.1. The minimum absolute atomic E-state index is 0.0472. The zero-order valence-electron chi connectivity index (χ0n) is 10.3. The predicted octanol–water partition coefficient (Wildman–Crippen LogP) is 0.661. The van der Waals surface area contributed by atoms with E-state index in [1.807, 2.05) is 17.7 Å². The number of amides is 1. The highest BCUT2D eigenvalue weighted by molar-refractivity contribution is 5.75. The highest BCUT2D eigenvalue weighted by atomic mass is 16.1. The second-order valence-electron chi connectivity index (χ2n) is 4.54. The molecule has 1 aromatic heterocycles. The molecule has 17 heavy (non-hydrogen) atoms. The van der Waals surface area contributed by atoms with Gasteiger partial charge in [0.05, 0.1) is 12.0 Å². The average molecular weight is 236 g/mol. The number of hydrogen-bond donors (Lipinski definition) is 2. The summed E-state index contributed by atoms with van der Waals surface area (Å²) < 4.78 is 1.83. The minimum atomic E-state index is 0.0472. The monoisotopic (exact) mass is 236 g/mol. The standard InChI is InChI=1S/C12H20N4O/c1-2-5-13-12(17)8-16-7-11(15-9-16)6-14-10-3-4-10/h7,9-10,14H,2-6,8H2,1H3,(H,13,17). The first kappa shape index (κ1) is 12.1. The van der Waals surface area contributed by atoms with E-state index in [9.17, 15) is 4.79 Å². The first-order valence-electron chi connectivity index (χ1n) is 6.28. The normalized spacial score (nSPS) is 14.9.